The number of aryl methyl sites for hydroxylation is 1. The highest BCUT2D eigenvalue weighted by atomic mass is 19.1. The number of hydrogen-bond donors (Lipinski definition) is 1. The van der Waals surface area contributed by atoms with Crippen molar-refractivity contribution in [3.05, 3.63) is 71.0 Å². The third-order valence-electron chi connectivity index (χ3n) is 4.15. The van der Waals surface area contributed by atoms with E-state index in [1.165, 1.54) is 11.1 Å². The van der Waals surface area contributed by atoms with Crippen molar-refractivity contribution >= 4 is 0 Å². The van der Waals surface area contributed by atoms with Gasteiger partial charge in [0, 0.05) is 18.5 Å². The molecule has 0 atom stereocenters. The van der Waals surface area contributed by atoms with Crippen molar-refractivity contribution in [1.29, 1.82) is 0 Å². The monoisotopic (exact) mass is 255 g/mol. The number of benzene rings is 2. The third-order valence-corrected chi connectivity index (χ3v) is 4.15. The predicted octanol–water partition coefficient (Wildman–Crippen LogP) is 3.22. The van der Waals surface area contributed by atoms with Gasteiger partial charge in [-0.15, -0.1) is 0 Å². The van der Waals surface area contributed by atoms with Gasteiger partial charge in [0.05, 0.1) is 0 Å². The van der Waals surface area contributed by atoms with Crippen LogP contribution in [0.5, 0.6) is 0 Å². The first-order valence-electron chi connectivity index (χ1n) is 6.71. The molecule has 2 heteroatoms. The van der Waals surface area contributed by atoms with Gasteiger partial charge in [-0.1, -0.05) is 36.4 Å². The predicted molar refractivity (Wildman–Crippen MR) is 75.8 cm³/mol. The second kappa shape index (κ2) is 4.78. The smallest absolute Gasteiger partial charge is 0.123 e. The van der Waals surface area contributed by atoms with E-state index < -0.39 is 0 Å². The molecule has 0 amide bonds. The summed E-state index contributed by atoms with van der Waals surface area (Å²) < 4.78 is 13.2. The van der Waals surface area contributed by atoms with E-state index in [0.29, 0.717) is 0 Å². The van der Waals surface area contributed by atoms with E-state index in [-0.39, 0.29) is 11.2 Å². The summed E-state index contributed by atoms with van der Waals surface area (Å²) in [5, 5.41) is 3.38. The first-order valence-corrected chi connectivity index (χ1v) is 6.71. The molecule has 1 aliphatic rings. The molecule has 0 radical (unpaired) electrons. The highest BCUT2D eigenvalue weighted by molar-refractivity contribution is 5.36. The Morgan fingerprint density at radius 3 is 2.42 bits per heavy atom. The molecule has 1 N–H and O–H groups in total. The molecule has 0 aliphatic carbocycles. The molecule has 1 nitrogen and oxygen atoms in total. The zero-order valence-corrected chi connectivity index (χ0v) is 11.1. The minimum absolute atomic E-state index is 0.151. The summed E-state index contributed by atoms with van der Waals surface area (Å²) in [6.45, 7) is 3.98. The lowest BCUT2D eigenvalue weighted by Gasteiger charge is -2.44. The molecule has 1 heterocycles. The molecule has 19 heavy (non-hydrogen) atoms. The zero-order valence-electron chi connectivity index (χ0n) is 11.1. The Morgan fingerprint density at radius 1 is 1.11 bits per heavy atom. The Labute approximate surface area is 113 Å². The Balaban J connectivity index is 1.92. The van der Waals surface area contributed by atoms with E-state index in [0.717, 1.165) is 25.1 Å². The van der Waals surface area contributed by atoms with E-state index in [2.05, 4.69) is 29.6 Å². The average molecular weight is 255 g/mol. The summed E-state index contributed by atoms with van der Waals surface area (Å²) in [7, 11) is 0. The second-order valence-corrected chi connectivity index (χ2v) is 5.50. The lowest BCUT2D eigenvalue weighted by molar-refractivity contribution is 0.274. The molecule has 0 spiro atoms. The summed E-state index contributed by atoms with van der Waals surface area (Å²) in [5.74, 6) is -0.151. The fraction of sp³-hybridized carbons (Fsp3) is 0.294. The molecule has 98 valence electrons. The fourth-order valence-electron chi connectivity index (χ4n) is 2.87. The van der Waals surface area contributed by atoms with Crippen molar-refractivity contribution in [2.24, 2.45) is 0 Å². The average Bonchev–Trinajstić information content (AvgIpc) is 2.37. The van der Waals surface area contributed by atoms with Gasteiger partial charge in [0.1, 0.15) is 5.82 Å². The van der Waals surface area contributed by atoms with E-state index in [1.807, 2.05) is 19.1 Å². The van der Waals surface area contributed by atoms with Crippen LogP contribution in [0.2, 0.25) is 0 Å². The topological polar surface area (TPSA) is 12.0 Å². The summed E-state index contributed by atoms with van der Waals surface area (Å²) in [6.07, 6.45) is 0.968. The number of nitrogens with one attached hydrogen (secondary N) is 1. The minimum Gasteiger partial charge on any atom is -0.315 e. The summed E-state index contributed by atoms with van der Waals surface area (Å²) >= 11 is 0. The van der Waals surface area contributed by atoms with E-state index >= 15 is 0 Å². The maximum atomic E-state index is 13.2. The summed E-state index contributed by atoms with van der Waals surface area (Å²) in [6, 6.07) is 15.7. The molecule has 2 aromatic rings. The van der Waals surface area contributed by atoms with Crippen LogP contribution in [-0.2, 0) is 11.8 Å². The highest BCUT2D eigenvalue weighted by Gasteiger charge is 2.38. The van der Waals surface area contributed by atoms with Crippen LogP contribution >= 0.6 is 0 Å². The standard InChI is InChI=1S/C17H18FN/c1-13-9-16(18)8-7-14(13)10-17(11-19-12-17)15-5-3-2-4-6-15/h2-9,19H,10-12H2,1H3. The molecule has 1 saturated heterocycles. The maximum Gasteiger partial charge on any atom is 0.123 e. The van der Waals surface area contributed by atoms with Crippen LogP contribution in [0, 0.1) is 12.7 Å². The van der Waals surface area contributed by atoms with Crippen molar-refractivity contribution < 1.29 is 4.39 Å². The molecule has 2 aromatic carbocycles. The quantitative estimate of drug-likeness (QED) is 0.888. The molecular formula is C17H18FN. The van der Waals surface area contributed by atoms with Crippen LogP contribution < -0.4 is 5.32 Å². The largest absolute Gasteiger partial charge is 0.315 e. The number of halogens is 1. The SMILES string of the molecule is Cc1cc(F)ccc1CC1(c2ccccc2)CNC1. The maximum absolute atomic E-state index is 13.2. The van der Waals surface area contributed by atoms with Crippen molar-refractivity contribution in [1.82, 2.24) is 5.32 Å². The molecule has 0 unspecified atom stereocenters. The Morgan fingerprint density at radius 2 is 1.84 bits per heavy atom. The van der Waals surface area contributed by atoms with Gasteiger partial charge in [0.2, 0.25) is 0 Å². The Hall–Kier alpha value is -1.67. The van der Waals surface area contributed by atoms with Gasteiger partial charge < -0.3 is 5.32 Å². The van der Waals surface area contributed by atoms with Crippen LogP contribution in [0.3, 0.4) is 0 Å². The summed E-state index contributed by atoms with van der Waals surface area (Å²) in [4.78, 5) is 0. The molecule has 0 saturated carbocycles. The van der Waals surface area contributed by atoms with Gasteiger partial charge in [-0.3, -0.25) is 0 Å². The van der Waals surface area contributed by atoms with Crippen LogP contribution in [0.1, 0.15) is 16.7 Å². The van der Waals surface area contributed by atoms with Crippen molar-refractivity contribution in [2.75, 3.05) is 13.1 Å². The van der Waals surface area contributed by atoms with Crippen molar-refractivity contribution in [3.63, 3.8) is 0 Å². The first kappa shape index (κ1) is 12.4. The molecule has 1 fully saturated rings. The minimum atomic E-state index is -0.151. The van der Waals surface area contributed by atoms with Crippen molar-refractivity contribution in [3.8, 4) is 0 Å². The van der Waals surface area contributed by atoms with E-state index in [4.69, 9.17) is 0 Å². The lowest BCUT2D eigenvalue weighted by Crippen LogP contribution is -2.58. The zero-order chi connectivity index (χ0) is 13.3. The van der Waals surface area contributed by atoms with Gasteiger partial charge >= 0.3 is 0 Å². The molecule has 1 aliphatic heterocycles. The van der Waals surface area contributed by atoms with E-state index in [9.17, 15) is 4.39 Å². The third kappa shape index (κ3) is 2.28. The Bertz CT molecular complexity index is 573. The van der Waals surface area contributed by atoms with Gasteiger partial charge in [-0.2, -0.15) is 0 Å². The van der Waals surface area contributed by atoms with Gasteiger partial charge in [0.25, 0.3) is 0 Å². The highest BCUT2D eigenvalue weighted by Crippen LogP contribution is 2.33. The number of hydrogen-bond acceptors (Lipinski definition) is 1. The van der Waals surface area contributed by atoms with Crippen LogP contribution in [0.4, 0.5) is 4.39 Å². The summed E-state index contributed by atoms with van der Waals surface area (Å²) in [5.41, 5.74) is 3.83. The molecule has 0 bridgehead atoms. The molecular weight excluding hydrogens is 237 g/mol. The second-order valence-electron chi connectivity index (χ2n) is 5.50. The van der Waals surface area contributed by atoms with Crippen molar-refractivity contribution in [2.45, 2.75) is 18.8 Å². The first-order chi connectivity index (χ1) is 9.20. The van der Waals surface area contributed by atoms with Gasteiger partial charge in [-0.25, -0.2) is 4.39 Å². The normalized spacial score (nSPS) is 16.9. The number of rotatable bonds is 3. The van der Waals surface area contributed by atoms with Gasteiger partial charge in [0.15, 0.2) is 0 Å². The molecule has 3 rings (SSSR count). The van der Waals surface area contributed by atoms with E-state index in [1.54, 1.807) is 12.1 Å². The fourth-order valence-corrected chi connectivity index (χ4v) is 2.87. The van der Waals surface area contributed by atoms with Crippen LogP contribution in [-0.4, -0.2) is 13.1 Å². The lowest BCUT2D eigenvalue weighted by atomic mass is 9.70. The Kier molecular flexibility index (Phi) is 3.11. The van der Waals surface area contributed by atoms with Gasteiger partial charge in [-0.05, 0) is 42.2 Å². The van der Waals surface area contributed by atoms with Crippen LogP contribution in [0.15, 0.2) is 48.5 Å². The van der Waals surface area contributed by atoms with Crippen LogP contribution in [0.25, 0.3) is 0 Å². The molecule has 0 aromatic heterocycles.